The van der Waals surface area contributed by atoms with Crippen molar-refractivity contribution in [1.29, 1.82) is 5.26 Å². The van der Waals surface area contributed by atoms with Gasteiger partial charge in [-0.25, -0.2) is 0 Å². The van der Waals surface area contributed by atoms with E-state index in [9.17, 15) is 20.0 Å². The number of rotatable bonds is 8. The van der Waals surface area contributed by atoms with Crippen molar-refractivity contribution in [2.24, 2.45) is 5.92 Å². The van der Waals surface area contributed by atoms with E-state index in [1.807, 2.05) is 26.0 Å². The third kappa shape index (κ3) is 5.57. The fourth-order valence-electron chi connectivity index (χ4n) is 2.24. The first kappa shape index (κ1) is 20.0. The van der Waals surface area contributed by atoms with Gasteiger partial charge in [0, 0.05) is 4.90 Å². The summed E-state index contributed by atoms with van der Waals surface area (Å²) in [6.07, 6.45) is 0.295. The number of carbonyl (C=O) groups is 2. The lowest BCUT2D eigenvalue weighted by Gasteiger charge is -2.20. The second kappa shape index (κ2) is 8.20. The molecule has 0 unspecified atom stereocenters. The molecule has 0 saturated carbocycles. The van der Waals surface area contributed by atoms with Crippen LogP contribution in [0, 0.1) is 17.2 Å². The molecule has 0 aromatic heterocycles. The number of aliphatic carboxylic acids is 2. The Bertz CT molecular complexity index is 661. The average molecular weight is 349 g/mol. The van der Waals surface area contributed by atoms with Crippen LogP contribution in [0.3, 0.4) is 0 Å². The number of nitriles is 1. The molecule has 0 spiro atoms. The Morgan fingerprint density at radius 2 is 1.92 bits per heavy atom. The van der Waals surface area contributed by atoms with E-state index < -0.39 is 29.0 Å². The Labute approximate surface area is 146 Å². The quantitative estimate of drug-likeness (QED) is 0.694. The molecule has 130 valence electrons. The van der Waals surface area contributed by atoms with Crippen LogP contribution in [-0.4, -0.2) is 27.4 Å². The molecule has 1 aromatic carbocycles. The van der Waals surface area contributed by atoms with Crippen molar-refractivity contribution in [3.05, 3.63) is 29.3 Å². The summed E-state index contributed by atoms with van der Waals surface area (Å²) in [6, 6.07) is 7.81. The molecule has 0 fully saturated rings. The third-order valence-electron chi connectivity index (χ3n) is 3.59. The van der Waals surface area contributed by atoms with Gasteiger partial charge in [0.1, 0.15) is 5.25 Å². The van der Waals surface area contributed by atoms with Crippen molar-refractivity contribution in [2.45, 2.75) is 56.1 Å². The largest absolute Gasteiger partial charge is 0.481 e. The summed E-state index contributed by atoms with van der Waals surface area (Å²) in [7, 11) is 0. The normalized spacial score (nSPS) is 12.7. The lowest BCUT2D eigenvalue weighted by molar-refractivity contribution is -0.142. The van der Waals surface area contributed by atoms with Crippen LogP contribution in [0.15, 0.2) is 23.1 Å². The second-order valence-corrected chi connectivity index (χ2v) is 7.94. The fourth-order valence-corrected chi connectivity index (χ4v) is 3.31. The van der Waals surface area contributed by atoms with E-state index in [1.54, 1.807) is 6.07 Å². The van der Waals surface area contributed by atoms with Gasteiger partial charge in [-0.1, -0.05) is 26.0 Å². The monoisotopic (exact) mass is 349 g/mol. The zero-order valence-electron chi connectivity index (χ0n) is 14.4. The van der Waals surface area contributed by atoms with Crippen LogP contribution in [0.1, 0.15) is 45.2 Å². The summed E-state index contributed by atoms with van der Waals surface area (Å²) < 4.78 is 0. The Morgan fingerprint density at radius 1 is 1.29 bits per heavy atom. The van der Waals surface area contributed by atoms with Crippen molar-refractivity contribution in [2.75, 3.05) is 0 Å². The standard InChI is InChI=1S/C18H23NO4S/c1-11(2)7-12-8-13(18(3,4)10-19)5-6-14(12)24-15(17(22)23)9-16(20)21/h5-6,8,11,15H,7,9H2,1-4H3,(H,20,21)(H,22,23)/t15-/m0/s1. The summed E-state index contributed by atoms with van der Waals surface area (Å²) >= 11 is 1.06. The maximum Gasteiger partial charge on any atom is 0.317 e. The van der Waals surface area contributed by atoms with Crippen molar-refractivity contribution < 1.29 is 19.8 Å². The van der Waals surface area contributed by atoms with Crippen LogP contribution >= 0.6 is 11.8 Å². The highest BCUT2D eigenvalue weighted by molar-refractivity contribution is 8.00. The minimum atomic E-state index is -1.14. The molecule has 6 heteroatoms. The minimum absolute atomic E-state index is 0.354. The molecule has 1 atom stereocenters. The van der Waals surface area contributed by atoms with Crippen molar-refractivity contribution in [3.8, 4) is 6.07 Å². The number of carboxylic acids is 2. The molecule has 0 bridgehead atoms. The summed E-state index contributed by atoms with van der Waals surface area (Å²) in [5, 5.41) is 26.4. The number of hydrogen-bond acceptors (Lipinski definition) is 4. The Kier molecular flexibility index (Phi) is 6.85. The molecule has 0 aliphatic heterocycles. The topological polar surface area (TPSA) is 98.4 Å². The van der Waals surface area contributed by atoms with Crippen LogP contribution in [0.25, 0.3) is 0 Å². The number of thioether (sulfide) groups is 1. The molecule has 2 N–H and O–H groups in total. The highest BCUT2D eigenvalue weighted by Crippen LogP contribution is 2.34. The molecule has 0 saturated heterocycles. The highest BCUT2D eigenvalue weighted by Gasteiger charge is 2.25. The van der Waals surface area contributed by atoms with Gasteiger partial charge in [-0.05, 0) is 43.4 Å². The molecule has 0 amide bonds. The van der Waals surface area contributed by atoms with Crippen molar-refractivity contribution in [1.82, 2.24) is 0 Å². The van der Waals surface area contributed by atoms with Gasteiger partial charge in [0.25, 0.3) is 0 Å². The first-order chi connectivity index (χ1) is 11.1. The zero-order valence-corrected chi connectivity index (χ0v) is 15.2. The average Bonchev–Trinajstić information content (AvgIpc) is 2.46. The number of hydrogen-bond donors (Lipinski definition) is 2. The molecule has 24 heavy (non-hydrogen) atoms. The summed E-state index contributed by atoms with van der Waals surface area (Å²) in [4.78, 5) is 23.0. The van der Waals surface area contributed by atoms with Crippen molar-refractivity contribution in [3.63, 3.8) is 0 Å². The Balaban J connectivity index is 3.24. The fraction of sp³-hybridized carbons (Fsp3) is 0.500. The number of benzene rings is 1. The van der Waals surface area contributed by atoms with E-state index in [0.29, 0.717) is 5.92 Å². The molecular formula is C18H23NO4S. The van der Waals surface area contributed by atoms with Gasteiger partial charge >= 0.3 is 11.9 Å². The Morgan fingerprint density at radius 3 is 2.38 bits per heavy atom. The van der Waals surface area contributed by atoms with Gasteiger partial charge in [0.2, 0.25) is 0 Å². The number of carboxylic acid groups (broad SMARTS) is 2. The van der Waals surface area contributed by atoms with Gasteiger partial charge in [0.15, 0.2) is 0 Å². The van der Waals surface area contributed by atoms with Gasteiger partial charge in [0.05, 0.1) is 17.9 Å². The zero-order chi connectivity index (χ0) is 18.5. The highest BCUT2D eigenvalue weighted by atomic mass is 32.2. The van der Waals surface area contributed by atoms with Gasteiger partial charge in [-0.15, -0.1) is 11.8 Å². The van der Waals surface area contributed by atoms with E-state index in [2.05, 4.69) is 19.9 Å². The SMILES string of the molecule is CC(C)Cc1cc(C(C)(C)C#N)ccc1S[C@@H](CC(=O)O)C(=O)O. The van der Waals surface area contributed by atoms with Crippen LogP contribution in [0.5, 0.6) is 0 Å². The molecule has 0 heterocycles. The molecule has 1 aromatic rings. The minimum Gasteiger partial charge on any atom is -0.481 e. The first-order valence-corrected chi connectivity index (χ1v) is 8.60. The number of nitrogens with zero attached hydrogens (tertiary/aromatic N) is 1. The molecule has 0 aliphatic carbocycles. The van der Waals surface area contributed by atoms with Crippen LogP contribution in [-0.2, 0) is 21.4 Å². The summed E-state index contributed by atoms with van der Waals surface area (Å²) in [5.41, 5.74) is 1.19. The van der Waals surface area contributed by atoms with Gasteiger partial charge in [-0.3, -0.25) is 9.59 Å². The summed E-state index contributed by atoms with van der Waals surface area (Å²) in [6.45, 7) is 7.78. The van der Waals surface area contributed by atoms with E-state index in [4.69, 9.17) is 5.11 Å². The molecular weight excluding hydrogens is 326 g/mol. The smallest absolute Gasteiger partial charge is 0.317 e. The van der Waals surface area contributed by atoms with Crippen molar-refractivity contribution >= 4 is 23.7 Å². The maximum absolute atomic E-state index is 11.3. The predicted octanol–water partition coefficient (Wildman–Crippen LogP) is 3.71. The third-order valence-corrected chi connectivity index (χ3v) is 4.90. The molecule has 0 radical (unpaired) electrons. The van der Waals surface area contributed by atoms with E-state index in [0.717, 1.165) is 34.2 Å². The van der Waals surface area contributed by atoms with Gasteiger partial charge in [-0.2, -0.15) is 5.26 Å². The molecule has 5 nitrogen and oxygen atoms in total. The van der Waals surface area contributed by atoms with Crippen LogP contribution in [0.2, 0.25) is 0 Å². The van der Waals surface area contributed by atoms with E-state index in [-0.39, 0.29) is 0 Å². The Hall–Kier alpha value is -2.00. The molecule has 0 aliphatic rings. The van der Waals surface area contributed by atoms with E-state index >= 15 is 0 Å². The second-order valence-electron chi connectivity index (χ2n) is 6.70. The molecule has 1 rings (SSSR count). The van der Waals surface area contributed by atoms with Gasteiger partial charge < -0.3 is 10.2 Å². The predicted molar refractivity (Wildman–Crippen MR) is 93.2 cm³/mol. The maximum atomic E-state index is 11.3. The first-order valence-electron chi connectivity index (χ1n) is 7.72. The summed E-state index contributed by atoms with van der Waals surface area (Å²) in [5.74, 6) is -1.92. The lowest BCUT2D eigenvalue weighted by Crippen LogP contribution is -2.20. The lowest BCUT2D eigenvalue weighted by atomic mass is 9.85. The van der Waals surface area contributed by atoms with Crippen LogP contribution in [0.4, 0.5) is 0 Å². The van der Waals surface area contributed by atoms with Crippen LogP contribution < -0.4 is 0 Å². The van der Waals surface area contributed by atoms with E-state index in [1.165, 1.54) is 0 Å².